The van der Waals surface area contributed by atoms with E-state index in [2.05, 4.69) is 21.2 Å². The number of halogens is 1. The van der Waals surface area contributed by atoms with Gasteiger partial charge in [-0.1, -0.05) is 0 Å². The molecule has 1 aliphatic rings. The van der Waals surface area contributed by atoms with Crippen molar-refractivity contribution in [2.24, 2.45) is 0 Å². The van der Waals surface area contributed by atoms with Crippen LogP contribution in [-0.2, 0) is 4.79 Å². The molecule has 6 nitrogen and oxygen atoms in total. The minimum Gasteiger partial charge on any atom is -0.495 e. The number of aliphatic carboxylic acids is 1. The number of likely N-dealkylation sites (tertiary alicyclic amines) is 1. The van der Waals surface area contributed by atoms with Crippen molar-refractivity contribution < 1.29 is 19.4 Å². The zero-order chi connectivity index (χ0) is 15.6. The van der Waals surface area contributed by atoms with Crippen molar-refractivity contribution >= 4 is 33.6 Å². The Hall–Kier alpha value is -1.76. The van der Waals surface area contributed by atoms with Gasteiger partial charge in [0.05, 0.1) is 11.6 Å². The topological polar surface area (TPSA) is 78.9 Å². The number of rotatable bonds is 3. The average Bonchev–Trinajstić information content (AvgIpc) is 2.84. The minimum absolute atomic E-state index is 0.415. The van der Waals surface area contributed by atoms with Gasteiger partial charge in [0.1, 0.15) is 11.3 Å². The number of nitrogens with one attached hydrogen (secondary N) is 1. The fourth-order valence-electron chi connectivity index (χ4n) is 2.44. The Morgan fingerprint density at radius 3 is 2.81 bits per heavy atom. The van der Waals surface area contributed by atoms with Gasteiger partial charge in [-0.05, 0) is 47.8 Å². The van der Waals surface area contributed by atoms with Crippen molar-refractivity contribution in [3.63, 3.8) is 0 Å². The van der Waals surface area contributed by atoms with E-state index < -0.39 is 17.5 Å². The van der Waals surface area contributed by atoms with E-state index >= 15 is 0 Å². The molecule has 1 aliphatic heterocycles. The van der Waals surface area contributed by atoms with Gasteiger partial charge >= 0.3 is 12.0 Å². The van der Waals surface area contributed by atoms with Crippen molar-refractivity contribution in [3.05, 3.63) is 22.7 Å². The molecule has 1 atom stereocenters. The summed E-state index contributed by atoms with van der Waals surface area (Å²) in [5, 5.41) is 12.0. The molecule has 0 aromatic heterocycles. The highest BCUT2D eigenvalue weighted by Crippen LogP contribution is 2.31. The van der Waals surface area contributed by atoms with Gasteiger partial charge in [0.15, 0.2) is 0 Å². The molecule has 7 heteroatoms. The molecule has 0 spiro atoms. The van der Waals surface area contributed by atoms with E-state index in [0.717, 1.165) is 4.47 Å². The largest absolute Gasteiger partial charge is 0.495 e. The highest BCUT2D eigenvalue weighted by atomic mass is 79.9. The first-order chi connectivity index (χ1) is 9.88. The maximum Gasteiger partial charge on any atom is 0.329 e. The van der Waals surface area contributed by atoms with Gasteiger partial charge in [-0.15, -0.1) is 0 Å². The lowest BCUT2D eigenvalue weighted by Crippen LogP contribution is -2.52. The SMILES string of the molecule is COc1cc(NC(=O)N2CCCC2(C)C(=O)O)ccc1Br. The molecule has 1 fully saturated rings. The molecule has 0 aliphatic carbocycles. The molecule has 2 amide bonds. The number of anilines is 1. The molecule has 1 aromatic carbocycles. The van der Waals surface area contributed by atoms with Gasteiger partial charge in [-0.25, -0.2) is 9.59 Å². The summed E-state index contributed by atoms with van der Waals surface area (Å²) < 4.78 is 5.94. The Bertz CT molecular complexity index is 578. The number of carboxylic acid groups (broad SMARTS) is 1. The standard InChI is InChI=1S/C14H17BrN2O4/c1-14(12(18)19)6-3-7-17(14)13(20)16-9-4-5-10(15)11(8-9)21-2/h4-5,8H,3,6-7H2,1-2H3,(H,16,20)(H,18,19). The number of ether oxygens (including phenoxy) is 1. The van der Waals surface area contributed by atoms with Crippen molar-refractivity contribution in [2.75, 3.05) is 19.0 Å². The summed E-state index contributed by atoms with van der Waals surface area (Å²) in [4.78, 5) is 25.1. The predicted octanol–water partition coefficient (Wildman–Crippen LogP) is 2.93. The Morgan fingerprint density at radius 1 is 1.48 bits per heavy atom. The van der Waals surface area contributed by atoms with Crippen molar-refractivity contribution in [3.8, 4) is 5.75 Å². The smallest absolute Gasteiger partial charge is 0.329 e. The molecule has 2 rings (SSSR count). The number of benzene rings is 1. The van der Waals surface area contributed by atoms with E-state index in [-0.39, 0.29) is 0 Å². The molecule has 0 radical (unpaired) electrons. The number of nitrogens with zero attached hydrogens (tertiary/aromatic N) is 1. The van der Waals surface area contributed by atoms with Crippen LogP contribution in [0.15, 0.2) is 22.7 Å². The fraction of sp³-hybridized carbons (Fsp3) is 0.429. The molecule has 0 bridgehead atoms. The van der Waals surface area contributed by atoms with E-state index in [0.29, 0.717) is 30.8 Å². The second-order valence-electron chi connectivity index (χ2n) is 5.11. The molecular formula is C14H17BrN2O4. The highest BCUT2D eigenvalue weighted by molar-refractivity contribution is 9.10. The second-order valence-corrected chi connectivity index (χ2v) is 5.97. The van der Waals surface area contributed by atoms with Crippen LogP contribution in [0.25, 0.3) is 0 Å². The lowest BCUT2D eigenvalue weighted by Gasteiger charge is -2.31. The van der Waals surface area contributed by atoms with E-state index in [1.807, 2.05) is 0 Å². The van der Waals surface area contributed by atoms with Gasteiger partial charge in [0.25, 0.3) is 0 Å². The number of hydrogen-bond acceptors (Lipinski definition) is 3. The zero-order valence-electron chi connectivity index (χ0n) is 11.9. The number of urea groups is 1. The van der Waals surface area contributed by atoms with Crippen LogP contribution in [0.2, 0.25) is 0 Å². The number of carbonyl (C=O) groups excluding carboxylic acids is 1. The predicted molar refractivity (Wildman–Crippen MR) is 81.7 cm³/mol. The summed E-state index contributed by atoms with van der Waals surface area (Å²) in [6.07, 6.45) is 1.14. The first kappa shape index (κ1) is 15.6. The van der Waals surface area contributed by atoms with Crippen molar-refractivity contribution in [2.45, 2.75) is 25.3 Å². The molecule has 114 valence electrons. The minimum atomic E-state index is -1.15. The Kier molecular flexibility index (Phi) is 4.41. The number of methoxy groups -OCH3 is 1. The van der Waals surface area contributed by atoms with E-state index in [9.17, 15) is 14.7 Å². The maximum absolute atomic E-state index is 12.3. The van der Waals surface area contributed by atoms with Crippen molar-refractivity contribution in [1.82, 2.24) is 4.90 Å². The fourth-order valence-corrected chi connectivity index (χ4v) is 2.85. The number of carbonyl (C=O) groups is 2. The van der Waals surface area contributed by atoms with E-state index in [1.165, 1.54) is 12.0 Å². The average molecular weight is 357 g/mol. The molecule has 1 unspecified atom stereocenters. The van der Waals surface area contributed by atoms with Crippen LogP contribution in [0, 0.1) is 0 Å². The van der Waals surface area contributed by atoms with Gasteiger partial charge in [0, 0.05) is 18.3 Å². The molecule has 2 N–H and O–H groups in total. The second kappa shape index (κ2) is 5.93. The van der Waals surface area contributed by atoms with Crippen LogP contribution in [0.5, 0.6) is 5.75 Å². The van der Waals surface area contributed by atoms with Gasteiger partial charge in [-0.2, -0.15) is 0 Å². The van der Waals surface area contributed by atoms with Crippen LogP contribution >= 0.6 is 15.9 Å². The molecule has 21 heavy (non-hydrogen) atoms. The van der Waals surface area contributed by atoms with Crippen LogP contribution in [-0.4, -0.2) is 41.2 Å². The Morgan fingerprint density at radius 2 is 2.19 bits per heavy atom. The number of amides is 2. The summed E-state index contributed by atoms with van der Waals surface area (Å²) in [7, 11) is 1.54. The first-order valence-corrected chi connectivity index (χ1v) is 7.33. The third kappa shape index (κ3) is 2.97. The van der Waals surface area contributed by atoms with Crippen LogP contribution in [0.1, 0.15) is 19.8 Å². The van der Waals surface area contributed by atoms with Crippen LogP contribution in [0.4, 0.5) is 10.5 Å². The van der Waals surface area contributed by atoms with Gasteiger partial charge in [0.2, 0.25) is 0 Å². The number of hydrogen-bond donors (Lipinski definition) is 2. The molecule has 0 saturated carbocycles. The lowest BCUT2D eigenvalue weighted by molar-refractivity contribution is -0.146. The molecule has 1 aromatic rings. The van der Waals surface area contributed by atoms with Gasteiger partial charge < -0.3 is 20.1 Å². The Labute approximate surface area is 131 Å². The van der Waals surface area contributed by atoms with Crippen LogP contribution in [0.3, 0.4) is 0 Å². The monoisotopic (exact) mass is 356 g/mol. The quantitative estimate of drug-likeness (QED) is 0.872. The third-order valence-corrected chi connectivity index (χ3v) is 4.40. The molecule has 1 saturated heterocycles. The third-order valence-electron chi connectivity index (χ3n) is 3.75. The highest BCUT2D eigenvalue weighted by Gasteiger charge is 2.46. The molecule has 1 heterocycles. The number of carboxylic acids is 1. The summed E-state index contributed by atoms with van der Waals surface area (Å²) in [6, 6.07) is 4.74. The maximum atomic E-state index is 12.3. The summed E-state index contributed by atoms with van der Waals surface area (Å²) in [5.74, 6) is -0.390. The Balaban J connectivity index is 2.16. The lowest BCUT2D eigenvalue weighted by atomic mass is 10.00. The molecular weight excluding hydrogens is 340 g/mol. The summed E-state index contributed by atoms with van der Waals surface area (Å²) >= 11 is 3.33. The zero-order valence-corrected chi connectivity index (χ0v) is 13.4. The summed E-state index contributed by atoms with van der Waals surface area (Å²) in [6.45, 7) is 2.01. The normalized spacial score (nSPS) is 21.2. The van der Waals surface area contributed by atoms with Gasteiger partial charge in [-0.3, -0.25) is 0 Å². The first-order valence-electron chi connectivity index (χ1n) is 6.54. The van der Waals surface area contributed by atoms with E-state index in [1.54, 1.807) is 25.1 Å². The van der Waals surface area contributed by atoms with Crippen LogP contribution < -0.4 is 10.1 Å². The summed E-state index contributed by atoms with van der Waals surface area (Å²) in [5.41, 5.74) is -0.594. The van der Waals surface area contributed by atoms with Crippen molar-refractivity contribution in [1.29, 1.82) is 0 Å². The van der Waals surface area contributed by atoms with E-state index in [4.69, 9.17) is 4.74 Å².